The van der Waals surface area contributed by atoms with E-state index in [2.05, 4.69) is 0 Å². The van der Waals surface area contributed by atoms with E-state index >= 15 is 0 Å². The van der Waals surface area contributed by atoms with Gasteiger partial charge in [-0.05, 0) is 64.0 Å². The summed E-state index contributed by atoms with van der Waals surface area (Å²) in [4.78, 5) is 12.1. The fourth-order valence-corrected chi connectivity index (χ4v) is 1.96. The molecule has 1 aliphatic rings. The summed E-state index contributed by atoms with van der Waals surface area (Å²) >= 11 is 0. The molecule has 1 aromatic rings. The van der Waals surface area contributed by atoms with E-state index in [1.165, 1.54) is 13.8 Å². The Morgan fingerprint density at radius 2 is 2.29 bits per heavy atom. The lowest BCUT2D eigenvalue weighted by atomic mass is 9.71. The summed E-state index contributed by atoms with van der Waals surface area (Å²) in [5, 5.41) is 0. The van der Waals surface area contributed by atoms with Crippen molar-refractivity contribution in [3.8, 4) is 0 Å². The molecule has 116 valence electrons. The largest absolute Gasteiger partial charge is 0.466 e. The third-order valence-electron chi connectivity index (χ3n) is 2.85. The van der Waals surface area contributed by atoms with Gasteiger partial charge in [0.15, 0.2) is 0 Å². The number of benzene rings is 1. The number of carbonyl (C=O) groups excluding carboxylic acids is 1. The molecule has 0 bridgehead atoms. The van der Waals surface area contributed by atoms with Crippen LogP contribution in [0.25, 0.3) is 0 Å². The van der Waals surface area contributed by atoms with Gasteiger partial charge >= 0.3 is 5.97 Å². The van der Waals surface area contributed by atoms with Crippen molar-refractivity contribution in [2.45, 2.75) is 39.4 Å². The lowest BCUT2D eigenvalue weighted by Crippen LogP contribution is -2.40. The highest BCUT2D eigenvalue weighted by molar-refractivity contribution is 5.70. The first-order valence-corrected chi connectivity index (χ1v) is 6.49. The van der Waals surface area contributed by atoms with Crippen molar-refractivity contribution in [1.29, 1.82) is 0 Å². The molecule has 0 unspecified atom stereocenters. The average molecular weight is 305 g/mol. The Hall–Kier alpha value is -1.35. The summed E-state index contributed by atoms with van der Waals surface area (Å²) in [6, 6.07) is -2.50. The Balaban J connectivity index is 3.05. The van der Waals surface area contributed by atoms with E-state index in [-0.39, 0.29) is 12.2 Å². The molecule has 1 aliphatic heterocycles. The smallest absolute Gasteiger partial charge is 0.306 e. The Labute approximate surface area is 149 Å². The Morgan fingerprint density at radius 3 is 2.95 bits per heavy atom. The maximum absolute atomic E-state index is 12.7. The number of nitrogens with zero attached hydrogens (tertiary/aromatic N) is 1. The number of ether oxygens (including phenoxy) is 1. The predicted octanol–water partition coefficient (Wildman–Crippen LogP) is 3.20. The minimum Gasteiger partial charge on any atom is -0.466 e. The molecular formula is C18H27NO2. The molecule has 3 nitrogen and oxygen atoms in total. The summed E-state index contributed by atoms with van der Waals surface area (Å²) < 4.78 is 129. The zero-order valence-electron chi connectivity index (χ0n) is 26.9. The maximum Gasteiger partial charge on any atom is 0.306 e. The van der Waals surface area contributed by atoms with Gasteiger partial charge in [0, 0.05) is 15.1 Å². The number of esters is 1. The van der Waals surface area contributed by atoms with E-state index < -0.39 is 91.6 Å². The number of rotatable bonds is 5. The summed E-state index contributed by atoms with van der Waals surface area (Å²) in [5.41, 5.74) is -3.70. The van der Waals surface area contributed by atoms with Crippen LogP contribution >= 0.6 is 0 Å². The molecule has 0 saturated carbocycles. The third kappa shape index (κ3) is 4.57. The molecule has 1 aromatic carbocycles. The van der Waals surface area contributed by atoms with Crippen LogP contribution in [0.4, 0.5) is 0 Å². The van der Waals surface area contributed by atoms with Crippen LogP contribution in [0.2, 0.25) is 0 Å². The van der Waals surface area contributed by atoms with E-state index in [0.717, 1.165) is 0 Å². The Bertz CT molecular complexity index is 993. The van der Waals surface area contributed by atoms with E-state index in [4.69, 9.17) is 25.3 Å². The van der Waals surface area contributed by atoms with Gasteiger partial charge in [0.25, 0.3) is 0 Å². The Kier molecular flexibility index (Phi) is 1.81. The lowest BCUT2D eigenvalue weighted by molar-refractivity contribution is -0.146. The highest BCUT2D eigenvalue weighted by Crippen LogP contribution is 2.38. The highest BCUT2D eigenvalue weighted by atomic mass is 16.5. The van der Waals surface area contributed by atoms with Crippen molar-refractivity contribution in [3.05, 3.63) is 35.3 Å². The Morgan fingerprint density at radius 1 is 1.52 bits per heavy atom. The molecule has 0 radical (unpaired) electrons. The third-order valence-corrected chi connectivity index (χ3v) is 2.85. The van der Waals surface area contributed by atoms with Crippen LogP contribution in [0.1, 0.15) is 57.8 Å². The second-order valence-corrected chi connectivity index (χ2v) is 4.65. The molecule has 2 rings (SSSR count). The normalized spacial score (nSPS) is 39.0. The first-order valence-electron chi connectivity index (χ1n) is 14.0. The molecule has 21 heavy (non-hydrogen) atoms. The van der Waals surface area contributed by atoms with E-state index in [1.807, 2.05) is 0 Å². The van der Waals surface area contributed by atoms with Crippen LogP contribution in [0, 0.1) is 12.3 Å². The minimum absolute atomic E-state index is 0.121. The molecule has 3 heteroatoms. The van der Waals surface area contributed by atoms with Gasteiger partial charge in [-0.2, -0.15) is 0 Å². The summed E-state index contributed by atoms with van der Waals surface area (Å²) in [6.07, 6.45) is -9.68. The van der Waals surface area contributed by atoms with Gasteiger partial charge in [-0.15, -0.1) is 0 Å². The lowest BCUT2D eigenvalue weighted by Gasteiger charge is -2.40. The van der Waals surface area contributed by atoms with Crippen LogP contribution < -0.4 is 0 Å². The van der Waals surface area contributed by atoms with Gasteiger partial charge < -0.3 is 9.64 Å². The maximum atomic E-state index is 12.7. The molecule has 0 N–H and O–H groups in total. The summed E-state index contributed by atoms with van der Waals surface area (Å²) in [5.74, 6) is -1.24. The second-order valence-electron chi connectivity index (χ2n) is 4.65. The SMILES string of the molecule is [2H]c1c([2H])c(C)c([2H])c(CC2(CC(=O)OCC)C([2H])([2H])C([2H])([2H])N(C([2H])([2H])[2H])C([2H])([2H])C2([2H])[2H])c1[2H]. The monoisotopic (exact) mass is 304 g/mol. The number of hydrogen-bond acceptors (Lipinski definition) is 3. The molecule has 0 atom stereocenters. The van der Waals surface area contributed by atoms with Crippen molar-refractivity contribution in [2.24, 2.45) is 5.41 Å². The minimum atomic E-state index is -3.74. The predicted molar refractivity (Wildman–Crippen MR) is 85.3 cm³/mol. The molecule has 0 spiro atoms. The standard InChI is InChI=1S/C18H27NO2/c1-4-21-17(20)14-18(8-10-19(3)11-9-18)13-16-7-5-6-15(2)12-16/h5-7,12H,4,8-11,13-14H2,1-3H3/i3D3,5D,6D,7D,8D2,9D2,10D2,11D2,12D. The van der Waals surface area contributed by atoms with Gasteiger partial charge in [-0.25, -0.2) is 0 Å². The summed E-state index contributed by atoms with van der Waals surface area (Å²) in [6.45, 7) is -8.70. The topological polar surface area (TPSA) is 29.5 Å². The van der Waals surface area contributed by atoms with Crippen molar-refractivity contribution in [1.82, 2.24) is 4.90 Å². The highest BCUT2D eigenvalue weighted by Gasteiger charge is 2.36. The van der Waals surface area contributed by atoms with Gasteiger partial charge in [-0.3, -0.25) is 4.79 Å². The number of carbonyl (C=O) groups is 1. The molecule has 1 fully saturated rings. The molecular weight excluding hydrogens is 262 g/mol. The van der Waals surface area contributed by atoms with Crippen LogP contribution in [-0.4, -0.2) is 37.4 Å². The van der Waals surface area contributed by atoms with E-state index in [9.17, 15) is 4.79 Å². The zero-order chi connectivity index (χ0) is 28.4. The van der Waals surface area contributed by atoms with Crippen LogP contribution in [0.5, 0.6) is 0 Å². The van der Waals surface area contributed by atoms with Gasteiger partial charge in [-0.1, -0.05) is 29.7 Å². The first kappa shape index (κ1) is 5.38. The quantitative estimate of drug-likeness (QED) is 0.782. The molecule has 1 heterocycles. The van der Waals surface area contributed by atoms with Gasteiger partial charge in [0.2, 0.25) is 0 Å². The van der Waals surface area contributed by atoms with Crippen molar-refractivity contribution in [2.75, 3.05) is 26.6 Å². The average Bonchev–Trinajstić information content (AvgIpc) is 2.70. The van der Waals surface area contributed by atoms with E-state index in [1.54, 1.807) is 0 Å². The van der Waals surface area contributed by atoms with Crippen molar-refractivity contribution in [3.63, 3.8) is 0 Å². The molecule has 0 aliphatic carbocycles. The van der Waals surface area contributed by atoms with Crippen LogP contribution in [0.3, 0.4) is 0 Å². The molecule has 0 amide bonds. The second kappa shape index (κ2) is 7.08. The number of hydrogen-bond donors (Lipinski definition) is 0. The fourth-order valence-electron chi connectivity index (χ4n) is 1.96. The van der Waals surface area contributed by atoms with E-state index in [0.29, 0.717) is 0 Å². The van der Waals surface area contributed by atoms with Gasteiger partial charge in [0.1, 0.15) is 0 Å². The fraction of sp³-hybridized carbons (Fsp3) is 0.611. The zero-order valence-corrected chi connectivity index (χ0v) is 11.9. The molecule has 0 aromatic heterocycles. The van der Waals surface area contributed by atoms with Gasteiger partial charge in [0.05, 0.1) is 18.5 Å². The number of likely N-dealkylation sites (tertiary alicyclic amines) is 1. The first-order chi connectivity index (χ1) is 16.0. The van der Waals surface area contributed by atoms with Crippen LogP contribution in [-0.2, 0) is 16.0 Å². The number of piperidine rings is 1. The summed E-state index contributed by atoms with van der Waals surface area (Å²) in [7, 11) is 0. The van der Waals surface area contributed by atoms with Crippen LogP contribution in [0.15, 0.2) is 24.2 Å². The van der Waals surface area contributed by atoms with Crippen molar-refractivity contribution >= 4 is 5.97 Å². The van der Waals surface area contributed by atoms with Crippen molar-refractivity contribution < 1.29 is 30.1 Å². The molecule has 1 saturated heterocycles.